The molecule has 0 saturated carbocycles. The average molecular weight is 166 g/mol. The molecule has 0 radical (unpaired) electrons. The highest BCUT2D eigenvalue weighted by Gasteiger charge is 1.77. The van der Waals surface area contributed by atoms with E-state index >= 15 is 0 Å². The Morgan fingerprint density at radius 3 is 2.55 bits per heavy atom. The van der Waals surface area contributed by atoms with Crippen molar-refractivity contribution < 1.29 is 4.79 Å². The number of para-hydroxylation sites is 1. The molecule has 2 nitrogen and oxygen atoms in total. The number of rotatable bonds is 2. The number of carbonyl (C=O) groups excluding carboxylic acids is 1. The van der Waals surface area contributed by atoms with Crippen LogP contribution in [0.3, 0.4) is 0 Å². The Morgan fingerprint density at radius 1 is 1.36 bits per heavy atom. The molecular formula is C8H8NOS-. The van der Waals surface area contributed by atoms with Crippen LogP contribution < -0.4 is 4.72 Å². The smallest absolute Gasteiger partial charge is 0.0154 e. The predicted molar refractivity (Wildman–Crippen MR) is 50.2 cm³/mol. The summed E-state index contributed by atoms with van der Waals surface area (Å²) in [6.45, 7) is 0. The fourth-order valence-corrected chi connectivity index (χ4v) is 1.13. The molecule has 1 rings (SSSR count). The van der Waals surface area contributed by atoms with Gasteiger partial charge in [0.2, 0.25) is 0 Å². The van der Waals surface area contributed by atoms with E-state index in [4.69, 9.17) is 0 Å². The van der Waals surface area contributed by atoms with Crippen LogP contribution in [0.2, 0.25) is 0 Å². The Bertz CT molecular complexity index is 321. The Labute approximate surface area is 67.5 Å². The van der Waals surface area contributed by atoms with Crippen LogP contribution in [0, 0.1) is 0 Å². The van der Waals surface area contributed by atoms with E-state index in [0.29, 0.717) is 0 Å². The van der Waals surface area contributed by atoms with E-state index in [1.54, 1.807) is 5.23 Å². The number of hydrogen-bond donors (Lipinski definition) is 1. The fourth-order valence-electron chi connectivity index (χ4n) is 0.669. The van der Waals surface area contributed by atoms with Gasteiger partial charge in [0.1, 0.15) is 0 Å². The van der Waals surface area contributed by atoms with Crippen LogP contribution in [0.4, 0.5) is 5.69 Å². The number of nitrogens with one attached hydrogen (secondary N) is 1. The molecule has 0 heterocycles. The average Bonchev–Trinajstić information content (AvgIpc) is 2.06. The van der Waals surface area contributed by atoms with Crippen molar-refractivity contribution in [1.82, 2.24) is 0 Å². The molecule has 58 valence electrons. The largest absolute Gasteiger partial charge is 0.471 e. The lowest BCUT2D eigenvalue weighted by Crippen LogP contribution is -1.94. The van der Waals surface area contributed by atoms with E-state index in [1.807, 2.05) is 30.3 Å². The fraction of sp³-hybridized carbons (Fsp3) is 0. The van der Waals surface area contributed by atoms with Crippen LogP contribution in [0.25, 0.3) is 0 Å². The first-order valence-corrected chi connectivity index (χ1v) is 4.46. The molecule has 1 aromatic carbocycles. The summed E-state index contributed by atoms with van der Waals surface area (Å²) in [6.07, 6.45) is 0. The minimum Gasteiger partial charge on any atom is -0.471 e. The lowest BCUT2D eigenvalue weighted by atomic mass is 10.3. The van der Waals surface area contributed by atoms with E-state index < -0.39 is 10.3 Å². The maximum Gasteiger partial charge on any atom is 0.0154 e. The van der Waals surface area contributed by atoms with Gasteiger partial charge < -0.3 is 15.0 Å². The van der Waals surface area contributed by atoms with E-state index in [0.717, 1.165) is 5.69 Å². The summed E-state index contributed by atoms with van der Waals surface area (Å²) in [7, 11) is -0.734. The van der Waals surface area contributed by atoms with Crippen molar-refractivity contribution in [3.63, 3.8) is 0 Å². The third-order valence-electron chi connectivity index (χ3n) is 1.12. The van der Waals surface area contributed by atoms with Crippen molar-refractivity contribution in [3.8, 4) is 0 Å². The highest BCUT2D eigenvalue weighted by molar-refractivity contribution is 7.93. The van der Waals surface area contributed by atoms with Gasteiger partial charge in [0.15, 0.2) is 0 Å². The van der Waals surface area contributed by atoms with Gasteiger partial charge in [-0.25, -0.2) is 5.87 Å². The molecule has 0 fully saturated rings. The summed E-state index contributed by atoms with van der Waals surface area (Å²) in [5, 5.41) is 1.77. The van der Waals surface area contributed by atoms with Gasteiger partial charge in [0.05, 0.1) is 0 Å². The molecule has 0 unspecified atom stereocenters. The van der Waals surface area contributed by atoms with Gasteiger partial charge in [-0.3, -0.25) is 4.79 Å². The molecule has 0 amide bonds. The van der Waals surface area contributed by atoms with Gasteiger partial charge in [0, 0.05) is 5.69 Å². The van der Waals surface area contributed by atoms with E-state index in [2.05, 4.69) is 10.6 Å². The van der Waals surface area contributed by atoms with Crippen molar-refractivity contribution in [2.24, 2.45) is 0 Å². The highest BCUT2D eigenvalue weighted by Crippen LogP contribution is 2.03. The molecule has 0 aliphatic heterocycles. The maximum absolute atomic E-state index is 10.1. The second kappa shape index (κ2) is 3.86. The second-order valence-corrected chi connectivity index (χ2v) is 3.09. The summed E-state index contributed by atoms with van der Waals surface area (Å²) < 4.78 is 2.88. The predicted octanol–water partition coefficient (Wildman–Crippen LogP) is 1.13. The zero-order valence-electron chi connectivity index (χ0n) is 5.91. The zero-order chi connectivity index (χ0) is 8.10. The molecule has 0 aliphatic rings. The molecule has 0 aromatic heterocycles. The Morgan fingerprint density at radius 2 is 2.00 bits per heavy atom. The Balaban J connectivity index is 2.81. The van der Waals surface area contributed by atoms with Crippen LogP contribution in [0.1, 0.15) is 0 Å². The van der Waals surface area contributed by atoms with E-state index in [1.165, 1.54) is 0 Å². The third kappa shape index (κ3) is 2.50. The van der Waals surface area contributed by atoms with Crippen LogP contribution in [-0.4, -0.2) is 11.1 Å². The van der Waals surface area contributed by atoms with Crippen molar-refractivity contribution in [2.45, 2.75) is 0 Å². The molecule has 1 N–H and O–H groups in total. The van der Waals surface area contributed by atoms with E-state index in [9.17, 15) is 4.79 Å². The van der Waals surface area contributed by atoms with Crippen molar-refractivity contribution >= 4 is 27.0 Å². The number of anilines is 1. The summed E-state index contributed by atoms with van der Waals surface area (Å²) in [5.41, 5.74) is 0.897. The first-order chi connectivity index (χ1) is 5.33. The maximum atomic E-state index is 10.1. The van der Waals surface area contributed by atoms with Crippen LogP contribution in [0.15, 0.2) is 30.3 Å². The minimum atomic E-state index is -0.734. The molecule has 11 heavy (non-hydrogen) atoms. The zero-order valence-corrected chi connectivity index (χ0v) is 6.73. The first kappa shape index (κ1) is 7.92. The molecule has 3 heteroatoms. The molecule has 0 spiro atoms. The summed E-state index contributed by atoms with van der Waals surface area (Å²) in [6, 6.07) is 9.46. The lowest BCUT2D eigenvalue weighted by molar-refractivity contribution is 0.572. The SMILES string of the molecule is C=[S-](=C=O)Nc1ccccc1. The topological polar surface area (TPSA) is 29.1 Å². The van der Waals surface area contributed by atoms with Gasteiger partial charge in [-0.05, 0) is 17.4 Å². The standard InChI is InChI=1S/C8H8NOS/c1-11(7-10)9-8-5-3-2-4-6-8/h2-6,9H,1H2/q-1. The number of benzene rings is 1. The summed E-state index contributed by atoms with van der Waals surface area (Å²) in [4.78, 5) is 10.1. The van der Waals surface area contributed by atoms with Crippen LogP contribution >= 0.6 is 0 Å². The van der Waals surface area contributed by atoms with Gasteiger partial charge in [-0.15, -0.1) is 0 Å². The Hall–Kier alpha value is -1.18. The van der Waals surface area contributed by atoms with Crippen molar-refractivity contribution in [2.75, 3.05) is 4.72 Å². The first-order valence-electron chi connectivity index (χ1n) is 3.06. The van der Waals surface area contributed by atoms with Crippen molar-refractivity contribution in [3.05, 3.63) is 30.3 Å². The second-order valence-electron chi connectivity index (χ2n) is 1.94. The molecule has 0 bridgehead atoms. The molecule has 1 aromatic rings. The van der Waals surface area contributed by atoms with Crippen LogP contribution in [-0.2, 0) is 15.1 Å². The Kier molecular flexibility index (Phi) is 2.78. The van der Waals surface area contributed by atoms with Gasteiger partial charge in [-0.2, -0.15) is 0 Å². The van der Waals surface area contributed by atoms with Gasteiger partial charge >= 0.3 is 0 Å². The normalized spacial score (nSPS) is 9.18. The molecule has 0 saturated heterocycles. The lowest BCUT2D eigenvalue weighted by Gasteiger charge is -2.08. The summed E-state index contributed by atoms with van der Waals surface area (Å²) >= 11 is 0. The highest BCUT2D eigenvalue weighted by atomic mass is 32.2. The minimum absolute atomic E-state index is 0.734. The van der Waals surface area contributed by atoms with Gasteiger partial charge in [0.25, 0.3) is 0 Å². The molecular weight excluding hydrogens is 158 g/mol. The summed E-state index contributed by atoms with van der Waals surface area (Å²) in [5.74, 6) is 3.54. The van der Waals surface area contributed by atoms with Gasteiger partial charge in [-0.1, -0.05) is 18.2 Å². The number of hydrogen-bond acceptors (Lipinski definition) is 3. The molecule has 0 aliphatic carbocycles. The monoisotopic (exact) mass is 166 g/mol. The molecule has 0 atom stereocenters. The van der Waals surface area contributed by atoms with E-state index in [-0.39, 0.29) is 0 Å². The van der Waals surface area contributed by atoms with Crippen molar-refractivity contribution in [1.29, 1.82) is 0 Å². The quantitative estimate of drug-likeness (QED) is 0.527. The van der Waals surface area contributed by atoms with Crippen LogP contribution in [0.5, 0.6) is 0 Å². The third-order valence-corrected chi connectivity index (χ3v) is 1.80.